The van der Waals surface area contributed by atoms with Crippen LogP contribution in [0.15, 0.2) is 61.3 Å². The lowest BCUT2D eigenvalue weighted by molar-refractivity contribution is 0.478. The molecule has 9 nitrogen and oxygen atoms in total. The first-order valence-corrected chi connectivity index (χ1v) is 10.9. The number of hydrogen-bond donors (Lipinski definition) is 1. The Hall–Kier alpha value is -3.59. The first-order chi connectivity index (χ1) is 15.7. The molecular formula is C23H24ClN5O4. The summed E-state index contributed by atoms with van der Waals surface area (Å²) in [5.41, 5.74) is 1.24. The van der Waals surface area contributed by atoms with Crippen LogP contribution in [-0.4, -0.2) is 18.7 Å². The summed E-state index contributed by atoms with van der Waals surface area (Å²) in [6, 6.07) is 11.8. The lowest BCUT2D eigenvalue weighted by Gasteiger charge is -2.17. The predicted molar refractivity (Wildman–Crippen MR) is 128 cm³/mol. The minimum absolute atomic E-state index is 0.0626. The number of benzene rings is 2. The summed E-state index contributed by atoms with van der Waals surface area (Å²) in [7, 11) is 0. The second kappa shape index (κ2) is 8.74. The monoisotopic (exact) mass is 469 g/mol. The van der Waals surface area contributed by atoms with E-state index in [0.29, 0.717) is 21.8 Å². The van der Waals surface area contributed by atoms with Crippen LogP contribution in [0.25, 0.3) is 11.1 Å². The Morgan fingerprint density at radius 2 is 1.64 bits per heavy atom. The van der Waals surface area contributed by atoms with E-state index in [4.69, 9.17) is 16.0 Å². The van der Waals surface area contributed by atoms with Gasteiger partial charge in [-0.3, -0.25) is 9.13 Å². The molecule has 1 N–H and O–H groups in total. The maximum atomic E-state index is 13.2. The third-order valence-electron chi connectivity index (χ3n) is 5.26. The van der Waals surface area contributed by atoms with Gasteiger partial charge in [-0.15, -0.1) is 0 Å². The van der Waals surface area contributed by atoms with Crippen molar-refractivity contribution in [3.8, 4) is 0 Å². The van der Waals surface area contributed by atoms with Gasteiger partial charge in [0.05, 0.1) is 12.1 Å². The van der Waals surface area contributed by atoms with Crippen LogP contribution in [0.2, 0.25) is 5.02 Å². The zero-order valence-corrected chi connectivity index (χ0v) is 19.5. The normalized spacial score (nSPS) is 11.6. The predicted octanol–water partition coefficient (Wildman–Crippen LogP) is 3.92. The zero-order valence-electron chi connectivity index (χ0n) is 18.7. The summed E-state index contributed by atoms with van der Waals surface area (Å²) in [4.78, 5) is 42.1. The van der Waals surface area contributed by atoms with Crippen LogP contribution in [0.3, 0.4) is 0 Å². The molecule has 0 saturated heterocycles. The quantitative estimate of drug-likeness (QED) is 0.459. The molecule has 4 aromatic rings. The molecule has 0 unspecified atom stereocenters. The van der Waals surface area contributed by atoms with Crippen molar-refractivity contribution in [2.45, 2.75) is 46.3 Å². The van der Waals surface area contributed by atoms with Crippen LogP contribution in [0, 0.1) is 0 Å². The van der Waals surface area contributed by atoms with Crippen LogP contribution in [-0.2, 0) is 6.54 Å². The molecule has 0 saturated carbocycles. The Kier molecular flexibility index (Phi) is 5.99. The Balaban J connectivity index is 1.81. The SMILES string of the molecule is CC(C)n1c(=O)nc(Nc2ccc3c(c2)oc(=O)n3C(C)C)n(Cc2ccc(Cl)cc2)c1=O. The van der Waals surface area contributed by atoms with Gasteiger partial charge in [-0.25, -0.2) is 19.0 Å². The first kappa shape index (κ1) is 22.6. The van der Waals surface area contributed by atoms with Gasteiger partial charge in [0.15, 0.2) is 5.58 Å². The smallest absolute Gasteiger partial charge is 0.408 e. The summed E-state index contributed by atoms with van der Waals surface area (Å²) < 4.78 is 9.42. The number of anilines is 2. The van der Waals surface area contributed by atoms with Crippen LogP contribution in [0.1, 0.15) is 45.3 Å². The lowest BCUT2D eigenvalue weighted by Crippen LogP contribution is -2.43. The Morgan fingerprint density at radius 1 is 0.970 bits per heavy atom. The van der Waals surface area contributed by atoms with Gasteiger partial charge in [-0.05, 0) is 57.5 Å². The summed E-state index contributed by atoms with van der Waals surface area (Å²) in [5, 5.41) is 3.62. The third-order valence-corrected chi connectivity index (χ3v) is 5.51. The number of aromatic nitrogens is 4. The van der Waals surface area contributed by atoms with Gasteiger partial charge in [-0.1, -0.05) is 23.7 Å². The molecule has 2 aromatic carbocycles. The number of fused-ring (bicyclic) bond motifs is 1. The maximum absolute atomic E-state index is 13.2. The van der Waals surface area contributed by atoms with Crippen molar-refractivity contribution in [2.24, 2.45) is 0 Å². The van der Waals surface area contributed by atoms with Gasteiger partial charge < -0.3 is 9.73 Å². The number of nitrogens with zero attached hydrogens (tertiary/aromatic N) is 4. The standard InChI is InChI=1S/C23H24ClN5O4/c1-13(2)28-18-10-9-17(11-19(18)33-23(28)32)25-20-26-21(30)29(14(3)4)22(31)27(20)12-15-5-7-16(24)8-6-15/h5-11,13-14H,12H2,1-4H3,(H,25,26,30). The van der Waals surface area contributed by atoms with E-state index in [1.165, 1.54) is 4.57 Å². The fourth-order valence-electron chi connectivity index (χ4n) is 3.69. The Labute approximate surface area is 193 Å². The van der Waals surface area contributed by atoms with Crippen molar-refractivity contribution in [1.29, 1.82) is 0 Å². The number of hydrogen-bond acceptors (Lipinski definition) is 6. The Morgan fingerprint density at radius 3 is 2.27 bits per heavy atom. The summed E-state index contributed by atoms with van der Waals surface area (Å²) >= 11 is 5.98. The fraction of sp³-hybridized carbons (Fsp3) is 0.304. The van der Waals surface area contributed by atoms with Crippen LogP contribution >= 0.6 is 11.6 Å². The van der Waals surface area contributed by atoms with Gasteiger partial charge in [-0.2, -0.15) is 4.98 Å². The first-order valence-electron chi connectivity index (χ1n) is 10.6. The average molecular weight is 470 g/mol. The fourth-order valence-corrected chi connectivity index (χ4v) is 3.82. The number of rotatable bonds is 6. The summed E-state index contributed by atoms with van der Waals surface area (Å²) in [5.74, 6) is -0.365. The van der Waals surface area contributed by atoms with Gasteiger partial charge >= 0.3 is 17.1 Å². The molecule has 0 aliphatic heterocycles. The largest absolute Gasteiger partial charge is 0.420 e. The minimum atomic E-state index is -0.650. The molecule has 2 aromatic heterocycles. The van der Waals surface area contributed by atoms with Crippen molar-refractivity contribution in [3.63, 3.8) is 0 Å². The van der Waals surface area contributed by atoms with Crippen molar-refractivity contribution in [2.75, 3.05) is 5.32 Å². The molecule has 4 rings (SSSR count). The topological polar surface area (TPSA) is 104 Å². The highest BCUT2D eigenvalue weighted by molar-refractivity contribution is 6.30. The molecule has 10 heteroatoms. The molecule has 0 atom stereocenters. The number of nitrogens with one attached hydrogen (secondary N) is 1. The van der Waals surface area contributed by atoms with Crippen molar-refractivity contribution >= 4 is 34.3 Å². The van der Waals surface area contributed by atoms with Crippen molar-refractivity contribution in [3.05, 3.63) is 84.6 Å². The van der Waals surface area contributed by atoms with Crippen molar-refractivity contribution in [1.82, 2.24) is 18.7 Å². The van der Waals surface area contributed by atoms with Gasteiger partial charge in [0.25, 0.3) is 0 Å². The van der Waals surface area contributed by atoms with E-state index >= 15 is 0 Å². The molecule has 0 amide bonds. The van der Waals surface area contributed by atoms with E-state index in [1.807, 2.05) is 13.8 Å². The van der Waals surface area contributed by atoms with Crippen LogP contribution in [0.4, 0.5) is 11.6 Å². The van der Waals surface area contributed by atoms with E-state index in [-0.39, 0.29) is 24.6 Å². The highest BCUT2D eigenvalue weighted by Crippen LogP contribution is 2.23. The zero-order chi connectivity index (χ0) is 23.9. The van der Waals surface area contributed by atoms with Crippen LogP contribution in [0.5, 0.6) is 0 Å². The van der Waals surface area contributed by atoms with E-state index in [9.17, 15) is 14.4 Å². The van der Waals surface area contributed by atoms with E-state index in [2.05, 4.69) is 10.3 Å². The molecule has 0 aliphatic carbocycles. The van der Waals surface area contributed by atoms with Crippen molar-refractivity contribution < 1.29 is 4.42 Å². The van der Waals surface area contributed by atoms with E-state index in [0.717, 1.165) is 10.1 Å². The van der Waals surface area contributed by atoms with Gasteiger partial charge in [0.2, 0.25) is 5.95 Å². The molecule has 0 bridgehead atoms. The third kappa shape index (κ3) is 4.36. The lowest BCUT2D eigenvalue weighted by atomic mass is 10.2. The molecule has 0 fully saturated rings. The molecule has 0 aliphatic rings. The van der Waals surface area contributed by atoms with E-state index < -0.39 is 17.1 Å². The average Bonchev–Trinajstić information content (AvgIpc) is 3.07. The molecule has 33 heavy (non-hydrogen) atoms. The molecule has 0 radical (unpaired) electrons. The number of halogens is 1. The molecule has 172 valence electrons. The second-order valence-corrected chi connectivity index (χ2v) is 8.75. The van der Waals surface area contributed by atoms with E-state index in [1.54, 1.807) is 60.9 Å². The minimum Gasteiger partial charge on any atom is -0.408 e. The summed E-state index contributed by atoms with van der Waals surface area (Å²) in [6.07, 6.45) is 0. The van der Waals surface area contributed by atoms with Crippen LogP contribution < -0.4 is 22.5 Å². The highest BCUT2D eigenvalue weighted by atomic mass is 35.5. The molecular weight excluding hydrogens is 446 g/mol. The van der Waals surface area contributed by atoms with Gasteiger partial charge in [0.1, 0.15) is 0 Å². The van der Waals surface area contributed by atoms with Gasteiger partial charge in [0, 0.05) is 28.9 Å². The molecule has 0 spiro atoms. The summed E-state index contributed by atoms with van der Waals surface area (Å²) in [6.45, 7) is 7.47. The Bertz CT molecular complexity index is 1490. The highest BCUT2D eigenvalue weighted by Gasteiger charge is 2.17. The second-order valence-electron chi connectivity index (χ2n) is 8.32. The number of oxazole rings is 1. The molecule has 2 heterocycles. The maximum Gasteiger partial charge on any atom is 0.420 e.